The van der Waals surface area contributed by atoms with Crippen molar-refractivity contribution in [3.63, 3.8) is 0 Å². The molecule has 0 aromatic rings. The number of nitrogens with one attached hydrogen (secondary N) is 2. The molecule has 0 aromatic heterocycles. The molecular weight excluding hydrogens is 302 g/mol. The van der Waals surface area contributed by atoms with Gasteiger partial charge in [-0.1, -0.05) is 13.8 Å². The Hall–Kier alpha value is -0.810. The zero-order valence-electron chi connectivity index (χ0n) is 15.9. The van der Waals surface area contributed by atoms with Gasteiger partial charge in [-0.3, -0.25) is 4.99 Å². The van der Waals surface area contributed by atoms with E-state index in [0.29, 0.717) is 6.10 Å². The SMILES string of the molecule is CN=C(NCCCOC1CCOC1)NCC1CCC(C(C)C)CC1. The lowest BCUT2D eigenvalue weighted by Gasteiger charge is -2.31. The van der Waals surface area contributed by atoms with E-state index in [1.165, 1.54) is 25.7 Å². The van der Waals surface area contributed by atoms with Gasteiger partial charge in [-0.2, -0.15) is 0 Å². The molecule has 5 nitrogen and oxygen atoms in total. The van der Waals surface area contributed by atoms with Crippen LogP contribution in [0.15, 0.2) is 4.99 Å². The minimum atomic E-state index is 0.309. The molecule has 1 saturated carbocycles. The van der Waals surface area contributed by atoms with E-state index in [1.807, 2.05) is 7.05 Å². The highest BCUT2D eigenvalue weighted by Crippen LogP contribution is 2.32. The van der Waals surface area contributed by atoms with Crippen LogP contribution in [0.25, 0.3) is 0 Å². The fourth-order valence-electron chi connectivity index (χ4n) is 3.69. The Balaban J connectivity index is 1.51. The van der Waals surface area contributed by atoms with Gasteiger partial charge in [0.25, 0.3) is 0 Å². The lowest BCUT2D eigenvalue weighted by molar-refractivity contribution is 0.0420. The van der Waals surface area contributed by atoms with Crippen LogP contribution in [-0.4, -0.2) is 52.0 Å². The van der Waals surface area contributed by atoms with Crippen LogP contribution in [0.1, 0.15) is 52.4 Å². The molecule has 140 valence electrons. The third-order valence-electron chi connectivity index (χ3n) is 5.47. The summed E-state index contributed by atoms with van der Waals surface area (Å²) in [6.45, 7) is 9.05. The summed E-state index contributed by atoms with van der Waals surface area (Å²) in [6.07, 6.45) is 7.82. The predicted octanol–water partition coefficient (Wildman–Crippen LogP) is 2.81. The van der Waals surface area contributed by atoms with Crippen molar-refractivity contribution in [3.8, 4) is 0 Å². The first-order chi connectivity index (χ1) is 11.7. The van der Waals surface area contributed by atoms with Crippen molar-refractivity contribution < 1.29 is 9.47 Å². The van der Waals surface area contributed by atoms with Crippen molar-refractivity contribution in [1.29, 1.82) is 0 Å². The normalized spacial score (nSPS) is 28.3. The number of guanidine groups is 1. The maximum absolute atomic E-state index is 5.78. The number of aliphatic imine (C=N–C) groups is 1. The Labute approximate surface area is 148 Å². The first-order valence-electron chi connectivity index (χ1n) is 9.83. The fraction of sp³-hybridized carbons (Fsp3) is 0.947. The van der Waals surface area contributed by atoms with Gasteiger partial charge >= 0.3 is 0 Å². The smallest absolute Gasteiger partial charge is 0.190 e. The average Bonchev–Trinajstić information content (AvgIpc) is 3.11. The molecule has 0 radical (unpaired) electrons. The maximum atomic E-state index is 5.78. The van der Waals surface area contributed by atoms with Crippen LogP contribution >= 0.6 is 0 Å². The van der Waals surface area contributed by atoms with Gasteiger partial charge in [-0.25, -0.2) is 0 Å². The summed E-state index contributed by atoms with van der Waals surface area (Å²) in [4.78, 5) is 4.32. The third-order valence-corrected chi connectivity index (χ3v) is 5.47. The Bertz CT molecular complexity index is 360. The van der Waals surface area contributed by atoms with E-state index in [0.717, 1.165) is 69.5 Å². The van der Waals surface area contributed by atoms with Crippen molar-refractivity contribution in [2.24, 2.45) is 22.7 Å². The summed E-state index contributed by atoms with van der Waals surface area (Å²) in [5, 5.41) is 6.88. The molecule has 2 fully saturated rings. The summed E-state index contributed by atoms with van der Waals surface area (Å²) < 4.78 is 11.1. The van der Waals surface area contributed by atoms with Crippen molar-refractivity contribution in [1.82, 2.24) is 10.6 Å². The minimum absolute atomic E-state index is 0.309. The molecule has 0 spiro atoms. The molecule has 1 saturated heterocycles. The Morgan fingerprint density at radius 3 is 2.58 bits per heavy atom. The van der Waals surface area contributed by atoms with E-state index in [-0.39, 0.29) is 0 Å². The van der Waals surface area contributed by atoms with Crippen LogP contribution in [0.3, 0.4) is 0 Å². The van der Waals surface area contributed by atoms with E-state index >= 15 is 0 Å². The number of ether oxygens (including phenoxy) is 2. The van der Waals surface area contributed by atoms with Crippen LogP contribution < -0.4 is 10.6 Å². The number of rotatable bonds is 8. The Kier molecular flexibility index (Phi) is 8.89. The van der Waals surface area contributed by atoms with Crippen molar-refractivity contribution in [2.45, 2.75) is 58.5 Å². The van der Waals surface area contributed by atoms with E-state index in [1.54, 1.807) is 0 Å². The molecule has 1 aliphatic heterocycles. The second kappa shape index (κ2) is 10.9. The summed E-state index contributed by atoms with van der Waals surface area (Å²) in [5.41, 5.74) is 0. The van der Waals surface area contributed by atoms with Crippen LogP contribution in [0.2, 0.25) is 0 Å². The van der Waals surface area contributed by atoms with Gasteiger partial charge in [0.05, 0.1) is 12.7 Å². The molecule has 5 heteroatoms. The second-order valence-corrected chi connectivity index (χ2v) is 7.61. The second-order valence-electron chi connectivity index (χ2n) is 7.61. The van der Waals surface area contributed by atoms with Crippen molar-refractivity contribution in [3.05, 3.63) is 0 Å². The standard InChI is InChI=1S/C19H37N3O2/c1-15(2)17-7-5-16(6-8-17)13-22-19(20-3)21-10-4-11-24-18-9-12-23-14-18/h15-18H,4-14H2,1-3H3,(H2,20,21,22). The molecule has 24 heavy (non-hydrogen) atoms. The van der Waals surface area contributed by atoms with Crippen LogP contribution in [-0.2, 0) is 9.47 Å². The summed E-state index contributed by atoms with van der Waals surface area (Å²) in [6, 6.07) is 0. The van der Waals surface area contributed by atoms with Gasteiger partial charge in [0.1, 0.15) is 0 Å². The van der Waals surface area contributed by atoms with Crippen LogP contribution in [0.4, 0.5) is 0 Å². The molecule has 1 aliphatic carbocycles. The molecule has 0 amide bonds. The molecule has 0 bridgehead atoms. The fourth-order valence-corrected chi connectivity index (χ4v) is 3.69. The highest BCUT2D eigenvalue weighted by atomic mass is 16.5. The van der Waals surface area contributed by atoms with Gasteiger partial charge < -0.3 is 20.1 Å². The van der Waals surface area contributed by atoms with E-state index in [4.69, 9.17) is 9.47 Å². The maximum Gasteiger partial charge on any atom is 0.190 e. The van der Waals surface area contributed by atoms with Crippen LogP contribution in [0, 0.1) is 17.8 Å². The van der Waals surface area contributed by atoms with E-state index < -0.39 is 0 Å². The molecular formula is C19H37N3O2. The van der Waals surface area contributed by atoms with Gasteiger partial charge in [0.15, 0.2) is 5.96 Å². The Morgan fingerprint density at radius 2 is 1.96 bits per heavy atom. The molecule has 2 rings (SSSR count). The quantitative estimate of drug-likeness (QED) is 0.406. The molecule has 2 N–H and O–H groups in total. The van der Waals surface area contributed by atoms with E-state index in [2.05, 4.69) is 29.5 Å². The van der Waals surface area contributed by atoms with Crippen LogP contribution in [0.5, 0.6) is 0 Å². The summed E-state index contributed by atoms with van der Waals surface area (Å²) in [7, 11) is 1.84. The highest BCUT2D eigenvalue weighted by molar-refractivity contribution is 5.79. The molecule has 1 atom stereocenters. The largest absolute Gasteiger partial charge is 0.379 e. The van der Waals surface area contributed by atoms with Gasteiger partial charge in [0, 0.05) is 33.4 Å². The van der Waals surface area contributed by atoms with Gasteiger partial charge in [-0.05, 0) is 56.3 Å². The first-order valence-corrected chi connectivity index (χ1v) is 9.83. The zero-order chi connectivity index (χ0) is 17.2. The lowest BCUT2D eigenvalue weighted by Crippen LogP contribution is -2.41. The summed E-state index contributed by atoms with van der Waals surface area (Å²) in [5.74, 6) is 3.49. The van der Waals surface area contributed by atoms with Crippen molar-refractivity contribution in [2.75, 3.05) is 40.0 Å². The number of hydrogen-bond acceptors (Lipinski definition) is 3. The average molecular weight is 340 g/mol. The zero-order valence-corrected chi connectivity index (χ0v) is 15.9. The number of nitrogens with zero attached hydrogens (tertiary/aromatic N) is 1. The summed E-state index contributed by atoms with van der Waals surface area (Å²) >= 11 is 0. The number of hydrogen-bond donors (Lipinski definition) is 2. The lowest BCUT2D eigenvalue weighted by atomic mass is 9.77. The molecule has 2 aliphatic rings. The van der Waals surface area contributed by atoms with E-state index in [9.17, 15) is 0 Å². The minimum Gasteiger partial charge on any atom is -0.379 e. The van der Waals surface area contributed by atoms with Gasteiger partial charge in [0.2, 0.25) is 0 Å². The first kappa shape index (κ1) is 19.5. The van der Waals surface area contributed by atoms with Crippen molar-refractivity contribution >= 4 is 5.96 Å². The monoisotopic (exact) mass is 339 g/mol. The highest BCUT2D eigenvalue weighted by Gasteiger charge is 2.23. The Morgan fingerprint density at radius 1 is 1.17 bits per heavy atom. The van der Waals surface area contributed by atoms with Gasteiger partial charge in [-0.15, -0.1) is 0 Å². The third kappa shape index (κ3) is 6.98. The topological polar surface area (TPSA) is 54.9 Å². The molecule has 1 unspecified atom stereocenters. The molecule has 0 aromatic carbocycles. The predicted molar refractivity (Wildman–Crippen MR) is 99.4 cm³/mol. The molecule has 1 heterocycles.